The molecule has 2 rings (SSSR count). The molecule has 0 heterocycles. The molecule has 0 saturated heterocycles. The zero-order chi connectivity index (χ0) is 18.8. The first kappa shape index (κ1) is 20.1. The molecule has 0 bridgehead atoms. The molecule has 26 heavy (non-hydrogen) atoms. The molecular weight excluding hydrogens is 348 g/mol. The lowest BCUT2D eigenvalue weighted by atomic mass is 10.2. The normalized spacial score (nSPS) is 11.7. The summed E-state index contributed by atoms with van der Waals surface area (Å²) in [6, 6.07) is 15.7. The second-order valence-electron chi connectivity index (χ2n) is 5.84. The summed E-state index contributed by atoms with van der Waals surface area (Å²) in [6.45, 7) is 2.85. The van der Waals surface area contributed by atoms with E-state index in [9.17, 15) is 4.79 Å². The van der Waals surface area contributed by atoms with Crippen LogP contribution in [-0.2, 0) is 4.79 Å². The van der Waals surface area contributed by atoms with Gasteiger partial charge in [-0.1, -0.05) is 18.2 Å². The summed E-state index contributed by atoms with van der Waals surface area (Å²) in [7, 11) is 3.17. The number of rotatable bonds is 10. The van der Waals surface area contributed by atoms with Crippen molar-refractivity contribution < 1.29 is 14.3 Å². The van der Waals surface area contributed by atoms with Crippen molar-refractivity contribution in [2.24, 2.45) is 0 Å². The van der Waals surface area contributed by atoms with Crippen molar-refractivity contribution in [2.75, 3.05) is 31.8 Å². The Bertz CT molecular complexity index is 695. The standard InChI is InChI=1S/C20H26N2O3S/c1-15(21-11-12-26-17-7-5-4-6-8-17)13-20(23)22-18-14-16(24-2)9-10-19(18)25-3/h4-10,14-15,21H,11-13H2,1-3H3,(H,22,23). The molecule has 1 amide bonds. The van der Waals surface area contributed by atoms with Crippen molar-refractivity contribution in [3.05, 3.63) is 48.5 Å². The van der Waals surface area contributed by atoms with Crippen LogP contribution in [0.1, 0.15) is 13.3 Å². The van der Waals surface area contributed by atoms with E-state index in [2.05, 4.69) is 22.8 Å². The van der Waals surface area contributed by atoms with E-state index in [1.807, 2.05) is 25.1 Å². The van der Waals surface area contributed by atoms with Gasteiger partial charge in [0.25, 0.3) is 0 Å². The topological polar surface area (TPSA) is 59.6 Å². The minimum Gasteiger partial charge on any atom is -0.497 e. The number of hydrogen-bond acceptors (Lipinski definition) is 5. The highest BCUT2D eigenvalue weighted by Crippen LogP contribution is 2.29. The van der Waals surface area contributed by atoms with Crippen molar-refractivity contribution in [1.29, 1.82) is 0 Å². The largest absolute Gasteiger partial charge is 0.497 e. The first-order chi connectivity index (χ1) is 12.6. The molecule has 0 aliphatic rings. The summed E-state index contributed by atoms with van der Waals surface area (Å²) in [5.74, 6) is 2.18. The van der Waals surface area contributed by atoms with Crippen molar-refractivity contribution in [2.45, 2.75) is 24.3 Å². The Kier molecular flexibility index (Phi) is 8.31. The first-order valence-corrected chi connectivity index (χ1v) is 9.54. The molecule has 0 aliphatic carbocycles. The van der Waals surface area contributed by atoms with Gasteiger partial charge in [-0.2, -0.15) is 0 Å². The molecule has 2 N–H and O–H groups in total. The average molecular weight is 375 g/mol. The number of benzene rings is 2. The van der Waals surface area contributed by atoms with E-state index in [0.717, 1.165) is 12.3 Å². The monoisotopic (exact) mass is 374 g/mol. The van der Waals surface area contributed by atoms with Gasteiger partial charge in [-0.05, 0) is 31.2 Å². The molecule has 1 atom stereocenters. The SMILES string of the molecule is COc1ccc(OC)c(NC(=O)CC(C)NCCSc2ccccc2)c1. The lowest BCUT2D eigenvalue weighted by Gasteiger charge is -2.15. The lowest BCUT2D eigenvalue weighted by molar-refractivity contribution is -0.116. The Labute approximate surface area is 159 Å². The summed E-state index contributed by atoms with van der Waals surface area (Å²) < 4.78 is 10.5. The lowest BCUT2D eigenvalue weighted by Crippen LogP contribution is -2.32. The predicted molar refractivity (Wildman–Crippen MR) is 107 cm³/mol. The molecule has 0 saturated carbocycles. The summed E-state index contributed by atoms with van der Waals surface area (Å²) in [6.07, 6.45) is 0.385. The van der Waals surface area contributed by atoms with E-state index in [1.54, 1.807) is 44.2 Å². The molecule has 2 aromatic rings. The number of carbonyl (C=O) groups excluding carboxylic acids is 1. The van der Waals surface area contributed by atoms with Crippen LogP contribution < -0.4 is 20.1 Å². The highest BCUT2D eigenvalue weighted by Gasteiger charge is 2.12. The average Bonchev–Trinajstić information content (AvgIpc) is 2.66. The molecule has 0 fully saturated rings. The van der Waals surface area contributed by atoms with Crippen LogP contribution in [0, 0.1) is 0 Å². The summed E-state index contributed by atoms with van der Waals surface area (Å²) in [5, 5.41) is 6.28. The molecule has 1 unspecified atom stereocenters. The van der Waals surface area contributed by atoms with E-state index in [-0.39, 0.29) is 11.9 Å². The minimum absolute atomic E-state index is 0.0627. The van der Waals surface area contributed by atoms with Crippen molar-refractivity contribution >= 4 is 23.4 Å². The van der Waals surface area contributed by atoms with E-state index >= 15 is 0 Å². The van der Waals surface area contributed by atoms with Gasteiger partial charge in [0, 0.05) is 35.7 Å². The van der Waals surface area contributed by atoms with Crippen molar-refractivity contribution in [3.8, 4) is 11.5 Å². The van der Waals surface area contributed by atoms with Gasteiger partial charge in [-0.3, -0.25) is 4.79 Å². The van der Waals surface area contributed by atoms with Crippen LogP contribution in [0.3, 0.4) is 0 Å². The molecule has 0 aromatic heterocycles. The number of hydrogen-bond donors (Lipinski definition) is 2. The number of carbonyl (C=O) groups is 1. The van der Waals surface area contributed by atoms with Crippen LogP contribution in [0.5, 0.6) is 11.5 Å². The molecule has 6 heteroatoms. The third-order valence-corrected chi connectivity index (χ3v) is 4.79. The quantitative estimate of drug-likeness (QED) is 0.489. The van der Waals surface area contributed by atoms with Crippen molar-refractivity contribution in [3.63, 3.8) is 0 Å². The summed E-state index contributed by atoms with van der Waals surface area (Å²) >= 11 is 1.80. The Morgan fingerprint density at radius 2 is 1.88 bits per heavy atom. The number of thioether (sulfide) groups is 1. The maximum atomic E-state index is 12.3. The number of amides is 1. The van der Waals surface area contributed by atoms with Gasteiger partial charge < -0.3 is 20.1 Å². The Morgan fingerprint density at radius 1 is 1.12 bits per heavy atom. The maximum Gasteiger partial charge on any atom is 0.226 e. The molecular formula is C20H26N2O3S. The Balaban J connectivity index is 1.75. The van der Waals surface area contributed by atoms with Gasteiger partial charge in [0.2, 0.25) is 5.91 Å². The summed E-state index contributed by atoms with van der Waals surface area (Å²) in [4.78, 5) is 13.5. The second-order valence-corrected chi connectivity index (χ2v) is 7.00. The van der Waals surface area contributed by atoms with Gasteiger partial charge in [0.05, 0.1) is 19.9 Å². The van der Waals surface area contributed by atoms with Crippen LogP contribution in [0.4, 0.5) is 5.69 Å². The highest BCUT2D eigenvalue weighted by atomic mass is 32.2. The highest BCUT2D eigenvalue weighted by molar-refractivity contribution is 7.99. The molecule has 0 radical (unpaired) electrons. The third kappa shape index (κ3) is 6.61. The fourth-order valence-corrected chi connectivity index (χ4v) is 3.26. The zero-order valence-corrected chi connectivity index (χ0v) is 16.3. The van der Waals surface area contributed by atoms with Gasteiger partial charge in [0.15, 0.2) is 0 Å². The number of methoxy groups -OCH3 is 2. The molecule has 5 nitrogen and oxygen atoms in total. The molecule has 140 valence electrons. The smallest absolute Gasteiger partial charge is 0.226 e. The number of anilines is 1. The van der Waals surface area contributed by atoms with Crippen LogP contribution in [0.2, 0.25) is 0 Å². The summed E-state index contributed by atoms with van der Waals surface area (Å²) in [5.41, 5.74) is 0.615. The van der Waals surface area contributed by atoms with Crippen LogP contribution >= 0.6 is 11.8 Å². The van der Waals surface area contributed by atoms with Gasteiger partial charge >= 0.3 is 0 Å². The molecule has 2 aromatic carbocycles. The van der Waals surface area contributed by atoms with Gasteiger partial charge in [-0.15, -0.1) is 11.8 Å². The maximum absolute atomic E-state index is 12.3. The van der Waals surface area contributed by atoms with E-state index in [4.69, 9.17) is 9.47 Å². The van der Waals surface area contributed by atoms with Gasteiger partial charge in [-0.25, -0.2) is 0 Å². The van der Waals surface area contributed by atoms with Crippen LogP contribution in [-0.4, -0.2) is 38.5 Å². The van der Waals surface area contributed by atoms with Crippen molar-refractivity contribution in [1.82, 2.24) is 5.32 Å². The second kappa shape index (κ2) is 10.7. The molecule has 0 spiro atoms. The first-order valence-electron chi connectivity index (χ1n) is 8.55. The predicted octanol–water partition coefficient (Wildman–Crippen LogP) is 3.80. The van der Waals surface area contributed by atoms with E-state index in [1.165, 1.54) is 4.90 Å². The number of nitrogens with one attached hydrogen (secondary N) is 2. The fourth-order valence-electron chi connectivity index (χ4n) is 2.45. The minimum atomic E-state index is -0.0627. The number of ether oxygens (including phenoxy) is 2. The Hall–Kier alpha value is -2.18. The molecule has 0 aliphatic heterocycles. The van der Waals surface area contributed by atoms with Crippen LogP contribution in [0.15, 0.2) is 53.4 Å². The Morgan fingerprint density at radius 3 is 2.58 bits per heavy atom. The van der Waals surface area contributed by atoms with E-state index < -0.39 is 0 Å². The zero-order valence-electron chi connectivity index (χ0n) is 15.5. The van der Waals surface area contributed by atoms with Gasteiger partial charge in [0.1, 0.15) is 11.5 Å². The third-order valence-electron chi connectivity index (χ3n) is 3.78. The van der Waals surface area contributed by atoms with E-state index in [0.29, 0.717) is 23.6 Å². The fraction of sp³-hybridized carbons (Fsp3) is 0.350. The van der Waals surface area contributed by atoms with Crippen LogP contribution in [0.25, 0.3) is 0 Å².